The molecule has 2 N–H and O–H groups in total. The summed E-state index contributed by atoms with van der Waals surface area (Å²) in [5.41, 5.74) is 1.56. The first-order valence-corrected chi connectivity index (χ1v) is 8.46. The zero-order valence-corrected chi connectivity index (χ0v) is 13.0. The van der Waals surface area contributed by atoms with Crippen LogP contribution in [0.25, 0.3) is 0 Å². The third kappa shape index (κ3) is 5.01. The van der Waals surface area contributed by atoms with Crippen LogP contribution in [0.4, 0.5) is 0 Å². The first-order chi connectivity index (χ1) is 10.5. The summed E-state index contributed by atoms with van der Waals surface area (Å²) in [6.07, 6.45) is 1.48. The molecule has 0 saturated heterocycles. The Bertz CT molecular complexity index is 707. The molecule has 1 aromatic heterocycles. The fourth-order valence-electron chi connectivity index (χ4n) is 1.77. The molecule has 1 heterocycles. The van der Waals surface area contributed by atoms with Crippen molar-refractivity contribution in [3.05, 3.63) is 59.5 Å². The van der Waals surface area contributed by atoms with E-state index in [4.69, 9.17) is 4.42 Å². The van der Waals surface area contributed by atoms with Gasteiger partial charge >= 0.3 is 0 Å². The molecule has 1 amide bonds. The van der Waals surface area contributed by atoms with Crippen LogP contribution in [-0.2, 0) is 16.6 Å². The second kappa shape index (κ2) is 7.24. The molecule has 2 aromatic rings. The van der Waals surface area contributed by atoms with Crippen LogP contribution >= 0.6 is 0 Å². The second-order valence-electron chi connectivity index (χ2n) is 4.84. The molecule has 0 bridgehead atoms. The van der Waals surface area contributed by atoms with Crippen LogP contribution in [0.1, 0.15) is 21.7 Å². The zero-order valence-electron chi connectivity index (χ0n) is 12.2. The summed E-state index contributed by atoms with van der Waals surface area (Å²) in [7, 11) is -3.47. The highest BCUT2D eigenvalue weighted by molar-refractivity contribution is 7.89. The van der Waals surface area contributed by atoms with E-state index >= 15 is 0 Å². The van der Waals surface area contributed by atoms with Crippen LogP contribution in [0.15, 0.2) is 47.1 Å². The second-order valence-corrected chi connectivity index (χ2v) is 6.77. The molecule has 118 valence electrons. The van der Waals surface area contributed by atoms with Crippen LogP contribution in [-0.4, -0.2) is 26.6 Å². The van der Waals surface area contributed by atoms with Gasteiger partial charge in [-0.2, -0.15) is 0 Å². The van der Waals surface area contributed by atoms with E-state index in [0.29, 0.717) is 11.3 Å². The third-order valence-corrected chi connectivity index (χ3v) is 4.34. The summed E-state index contributed by atoms with van der Waals surface area (Å²) in [5.74, 6) is 0.0548. The topological polar surface area (TPSA) is 88.4 Å². The van der Waals surface area contributed by atoms with Gasteiger partial charge < -0.3 is 9.73 Å². The van der Waals surface area contributed by atoms with Gasteiger partial charge in [0, 0.05) is 12.1 Å². The van der Waals surface area contributed by atoms with Gasteiger partial charge in [0.2, 0.25) is 10.0 Å². The Kier molecular flexibility index (Phi) is 5.35. The zero-order chi connectivity index (χ0) is 16.0. The van der Waals surface area contributed by atoms with E-state index in [9.17, 15) is 13.2 Å². The maximum Gasteiger partial charge on any atom is 0.251 e. The van der Waals surface area contributed by atoms with Gasteiger partial charge in [-0.15, -0.1) is 0 Å². The van der Waals surface area contributed by atoms with E-state index in [-0.39, 0.29) is 24.7 Å². The number of hydrogen-bond donors (Lipinski definition) is 2. The van der Waals surface area contributed by atoms with E-state index in [1.165, 1.54) is 6.26 Å². The van der Waals surface area contributed by atoms with Crippen molar-refractivity contribution in [3.63, 3.8) is 0 Å². The van der Waals surface area contributed by atoms with Crippen LogP contribution in [0, 0.1) is 6.92 Å². The molecule has 0 fully saturated rings. The van der Waals surface area contributed by atoms with E-state index in [0.717, 1.165) is 5.56 Å². The number of hydrogen-bond acceptors (Lipinski definition) is 4. The molecule has 0 aliphatic heterocycles. The fourth-order valence-corrected chi connectivity index (χ4v) is 2.65. The van der Waals surface area contributed by atoms with Gasteiger partial charge in [-0.25, -0.2) is 13.1 Å². The lowest BCUT2D eigenvalue weighted by molar-refractivity contribution is 0.0956. The van der Waals surface area contributed by atoms with Crippen molar-refractivity contribution < 1.29 is 17.6 Å². The highest BCUT2D eigenvalue weighted by Gasteiger charge is 2.12. The Labute approximate surface area is 129 Å². The van der Waals surface area contributed by atoms with E-state index in [1.807, 2.05) is 19.1 Å². The number of amides is 1. The molecule has 0 spiro atoms. The molecule has 0 saturated carbocycles. The van der Waals surface area contributed by atoms with Crippen LogP contribution in [0.3, 0.4) is 0 Å². The van der Waals surface area contributed by atoms with Crippen molar-refractivity contribution in [3.8, 4) is 0 Å². The highest BCUT2D eigenvalue weighted by atomic mass is 32.2. The summed E-state index contributed by atoms with van der Waals surface area (Å²) < 4.78 is 31.0. The van der Waals surface area contributed by atoms with Crippen molar-refractivity contribution >= 4 is 15.9 Å². The molecule has 2 rings (SSSR count). The Hall–Kier alpha value is -2.12. The molecule has 1 aromatic carbocycles. The molecule has 7 heteroatoms. The first-order valence-electron chi connectivity index (χ1n) is 6.81. The Morgan fingerprint density at radius 1 is 1.18 bits per heavy atom. The normalized spacial score (nSPS) is 11.3. The van der Waals surface area contributed by atoms with Gasteiger partial charge in [-0.1, -0.05) is 17.7 Å². The van der Waals surface area contributed by atoms with Crippen molar-refractivity contribution in [2.45, 2.75) is 13.5 Å². The average Bonchev–Trinajstić information content (AvgIpc) is 2.99. The molecule has 6 nitrogen and oxygen atoms in total. The Morgan fingerprint density at radius 3 is 2.55 bits per heavy atom. The van der Waals surface area contributed by atoms with Gasteiger partial charge in [0.15, 0.2) is 0 Å². The van der Waals surface area contributed by atoms with E-state index in [2.05, 4.69) is 10.0 Å². The van der Waals surface area contributed by atoms with Crippen molar-refractivity contribution in [2.75, 3.05) is 12.3 Å². The smallest absolute Gasteiger partial charge is 0.251 e. The van der Waals surface area contributed by atoms with Gasteiger partial charge in [0.1, 0.15) is 5.76 Å². The number of aryl methyl sites for hydroxylation is 1. The number of benzene rings is 1. The molecular weight excluding hydrogens is 304 g/mol. The molecule has 22 heavy (non-hydrogen) atoms. The van der Waals surface area contributed by atoms with Crippen molar-refractivity contribution in [1.82, 2.24) is 10.0 Å². The number of nitrogens with one attached hydrogen (secondary N) is 2. The summed E-state index contributed by atoms with van der Waals surface area (Å²) >= 11 is 0. The Balaban J connectivity index is 1.77. The van der Waals surface area contributed by atoms with Crippen molar-refractivity contribution in [1.29, 1.82) is 0 Å². The number of sulfonamides is 1. The van der Waals surface area contributed by atoms with Crippen molar-refractivity contribution in [2.24, 2.45) is 0 Å². The summed E-state index contributed by atoms with van der Waals surface area (Å²) in [5, 5.41) is 2.59. The first kappa shape index (κ1) is 16.3. The molecule has 0 aliphatic carbocycles. The van der Waals surface area contributed by atoms with Gasteiger partial charge in [0.05, 0.1) is 18.6 Å². The molecule has 0 unspecified atom stereocenters. The van der Waals surface area contributed by atoms with Crippen LogP contribution in [0.2, 0.25) is 0 Å². The highest BCUT2D eigenvalue weighted by Crippen LogP contribution is 2.03. The number of carbonyl (C=O) groups excluding carboxylic acids is 1. The van der Waals surface area contributed by atoms with E-state index < -0.39 is 10.0 Å². The molecule has 0 atom stereocenters. The van der Waals surface area contributed by atoms with Crippen LogP contribution < -0.4 is 10.0 Å². The maximum atomic E-state index is 11.8. The minimum atomic E-state index is -3.47. The van der Waals surface area contributed by atoms with Gasteiger partial charge in [0.25, 0.3) is 5.91 Å². The fraction of sp³-hybridized carbons (Fsp3) is 0.267. The lowest BCUT2D eigenvalue weighted by Gasteiger charge is -2.07. The van der Waals surface area contributed by atoms with Crippen LogP contribution in [0.5, 0.6) is 0 Å². The largest absolute Gasteiger partial charge is 0.468 e. The predicted molar refractivity (Wildman–Crippen MR) is 82.8 cm³/mol. The summed E-state index contributed by atoms with van der Waals surface area (Å²) in [4.78, 5) is 11.8. The minimum absolute atomic E-state index is 0.0419. The number of rotatable bonds is 7. The average molecular weight is 322 g/mol. The lowest BCUT2D eigenvalue weighted by atomic mass is 10.1. The molecule has 0 aliphatic rings. The summed E-state index contributed by atoms with van der Waals surface area (Å²) in [6.45, 7) is 2.07. The number of carbonyl (C=O) groups is 1. The number of furan rings is 1. The van der Waals surface area contributed by atoms with Gasteiger partial charge in [-0.3, -0.25) is 4.79 Å². The lowest BCUT2D eigenvalue weighted by Crippen LogP contribution is -2.34. The standard InChI is InChI=1S/C15H18N2O4S/c1-12-4-6-13(7-5-12)15(18)16-8-10-22(19,20)17-11-14-3-2-9-21-14/h2-7,9,17H,8,10-11H2,1H3,(H,16,18). The monoisotopic (exact) mass is 322 g/mol. The minimum Gasteiger partial charge on any atom is -0.468 e. The Morgan fingerprint density at radius 2 is 1.91 bits per heavy atom. The molecular formula is C15H18N2O4S. The predicted octanol–water partition coefficient (Wildman–Crippen LogP) is 1.44. The third-order valence-electron chi connectivity index (χ3n) is 3.02. The molecule has 0 radical (unpaired) electrons. The maximum absolute atomic E-state index is 11.8. The summed E-state index contributed by atoms with van der Waals surface area (Å²) in [6, 6.07) is 10.4. The quantitative estimate of drug-likeness (QED) is 0.807. The SMILES string of the molecule is Cc1ccc(C(=O)NCCS(=O)(=O)NCc2ccco2)cc1. The van der Waals surface area contributed by atoms with E-state index in [1.54, 1.807) is 24.3 Å². The van der Waals surface area contributed by atoms with Gasteiger partial charge in [-0.05, 0) is 31.2 Å².